The standard InChI is InChI=1S/C14H12N4O/c1-19-13-4-2-12(3-5-13)18-10-16-17-14(18)11-6-8-15-9-7-11/h2-10H,1H3. The fraction of sp³-hybridized carbons (Fsp3) is 0.0714. The monoisotopic (exact) mass is 252 g/mol. The maximum Gasteiger partial charge on any atom is 0.168 e. The minimum absolute atomic E-state index is 0.785. The van der Waals surface area contributed by atoms with Crippen LogP contribution >= 0.6 is 0 Å². The van der Waals surface area contributed by atoms with Crippen molar-refractivity contribution in [3.8, 4) is 22.8 Å². The van der Waals surface area contributed by atoms with Crippen LogP contribution in [0, 0.1) is 0 Å². The Labute approximate surface area is 110 Å². The number of benzene rings is 1. The van der Waals surface area contributed by atoms with Gasteiger partial charge in [-0.25, -0.2) is 0 Å². The number of methoxy groups -OCH3 is 1. The highest BCUT2D eigenvalue weighted by Gasteiger charge is 2.08. The van der Waals surface area contributed by atoms with Gasteiger partial charge in [-0.1, -0.05) is 0 Å². The van der Waals surface area contributed by atoms with Crippen molar-refractivity contribution in [3.63, 3.8) is 0 Å². The highest BCUT2D eigenvalue weighted by Crippen LogP contribution is 2.21. The van der Waals surface area contributed by atoms with E-state index >= 15 is 0 Å². The van der Waals surface area contributed by atoms with Gasteiger partial charge in [-0.2, -0.15) is 0 Å². The van der Waals surface area contributed by atoms with E-state index in [1.807, 2.05) is 41.0 Å². The average Bonchev–Trinajstić information content (AvgIpc) is 2.98. The molecule has 0 fully saturated rings. The summed E-state index contributed by atoms with van der Waals surface area (Å²) in [6.07, 6.45) is 5.17. The molecule has 5 heteroatoms. The Kier molecular flexibility index (Phi) is 2.94. The van der Waals surface area contributed by atoms with Crippen LogP contribution in [-0.2, 0) is 0 Å². The molecule has 0 aliphatic carbocycles. The molecular formula is C14H12N4O. The van der Waals surface area contributed by atoms with Gasteiger partial charge in [0.05, 0.1) is 7.11 Å². The Morgan fingerprint density at radius 2 is 1.74 bits per heavy atom. The fourth-order valence-corrected chi connectivity index (χ4v) is 1.86. The molecule has 0 aliphatic rings. The van der Waals surface area contributed by atoms with Crippen LogP contribution in [0.15, 0.2) is 55.1 Å². The Morgan fingerprint density at radius 3 is 2.42 bits per heavy atom. The summed E-state index contributed by atoms with van der Waals surface area (Å²) in [5.74, 6) is 1.61. The van der Waals surface area contributed by atoms with Gasteiger partial charge in [0, 0.05) is 23.6 Å². The summed E-state index contributed by atoms with van der Waals surface area (Å²) in [6, 6.07) is 11.6. The van der Waals surface area contributed by atoms with E-state index in [4.69, 9.17) is 4.74 Å². The molecule has 0 bridgehead atoms. The molecule has 19 heavy (non-hydrogen) atoms. The second-order valence-electron chi connectivity index (χ2n) is 3.96. The molecular weight excluding hydrogens is 240 g/mol. The van der Waals surface area contributed by atoms with Gasteiger partial charge in [0.2, 0.25) is 0 Å². The van der Waals surface area contributed by atoms with Gasteiger partial charge >= 0.3 is 0 Å². The van der Waals surface area contributed by atoms with Crippen LogP contribution in [0.4, 0.5) is 0 Å². The lowest BCUT2D eigenvalue weighted by Gasteiger charge is -2.07. The number of aromatic nitrogens is 4. The normalized spacial score (nSPS) is 10.4. The van der Waals surface area contributed by atoms with E-state index < -0.39 is 0 Å². The van der Waals surface area contributed by atoms with Crippen LogP contribution in [-0.4, -0.2) is 26.9 Å². The lowest BCUT2D eigenvalue weighted by molar-refractivity contribution is 0.415. The third-order valence-electron chi connectivity index (χ3n) is 2.84. The van der Waals surface area contributed by atoms with Crippen molar-refractivity contribution >= 4 is 0 Å². The molecule has 5 nitrogen and oxygen atoms in total. The van der Waals surface area contributed by atoms with E-state index in [1.165, 1.54) is 0 Å². The molecule has 2 aromatic heterocycles. The van der Waals surface area contributed by atoms with Gasteiger partial charge in [-0.15, -0.1) is 10.2 Å². The molecule has 0 aliphatic heterocycles. The SMILES string of the molecule is COc1ccc(-n2cnnc2-c2ccncc2)cc1. The largest absolute Gasteiger partial charge is 0.497 e. The van der Waals surface area contributed by atoms with Crippen molar-refractivity contribution < 1.29 is 4.74 Å². The molecule has 0 amide bonds. The molecule has 1 aromatic carbocycles. The molecule has 0 unspecified atom stereocenters. The quantitative estimate of drug-likeness (QED) is 0.718. The first kappa shape index (κ1) is 11.4. The van der Waals surface area contributed by atoms with Gasteiger partial charge in [-0.3, -0.25) is 9.55 Å². The first-order chi connectivity index (χ1) is 9.38. The van der Waals surface area contributed by atoms with Gasteiger partial charge in [0.25, 0.3) is 0 Å². The van der Waals surface area contributed by atoms with Crippen LogP contribution < -0.4 is 4.74 Å². The molecule has 0 saturated heterocycles. The summed E-state index contributed by atoms with van der Waals surface area (Å²) in [5.41, 5.74) is 1.96. The Balaban J connectivity index is 2.04. The Morgan fingerprint density at radius 1 is 1.00 bits per heavy atom. The maximum atomic E-state index is 5.15. The van der Waals surface area contributed by atoms with E-state index in [2.05, 4.69) is 15.2 Å². The van der Waals surface area contributed by atoms with Gasteiger partial charge in [-0.05, 0) is 36.4 Å². The van der Waals surface area contributed by atoms with Crippen molar-refractivity contribution in [1.82, 2.24) is 19.7 Å². The predicted octanol–water partition coefficient (Wildman–Crippen LogP) is 2.34. The molecule has 2 heterocycles. The van der Waals surface area contributed by atoms with Crippen LogP contribution in [0.2, 0.25) is 0 Å². The van der Waals surface area contributed by atoms with E-state index in [9.17, 15) is 0 Å². The fourth-order valence-electron chi connectivity index (χ4n) is 1.86. The van der Waals surface area contributed by atoms with E-state index in [0.29, 0.717) is 0 Å². The first-order valence-corrected chi connectivity index (χ1v) is 5.83. The second-order valence-corrected chi connectivity index (χ2v) is 3.96. The van der Waals surface area contributed by atoms with Crippen LogP contribution in [0.25, 0.3) is 17.1 Å². The number of hydrogen-bond donors (Lipinski definition) is 0. The van der Waals surface area contributed by atoms with Crippen LogP contribution in [0.3, 0.4) is 0 Å². The third kappa shape index (κ3) is 2.18. The topological polar surface area (TPSA) is 52.8 Å². The lowest BCUT2D eigenvalue weighted by atomic mass is 10.2. The number of ether oxygens (including phenoxy) is 1. The Bertz CT molecular complexity index is 661. The second kappa shape index (κ2) is 4.89. The number of rotatable bonds is 3. The van der Waals surface area contributed by atoms with Gasteiger partial charge in [0.1, 0.15) is 12.1 Å². The Hall–Kier alpha value is -2.69. The van der Waals surface area contributed by atoms with Crippen molar-refractivity contribution in [2.24, 2.45) is 0 Å². The zero-order chi connectivity index (χ0) is 13.1. The summed E-state index contributed by atoms with van der Waals surface area (Å²) < 4.78 is 7.08. The molecule has 0 N–H and O–H groups in total. The molecule has 3 rings (SSSR count). The summed E-state index contributed by atoms with van der Waals surface area (Å²) in [7, 11) is 1.65. The van der Waals surface area contributed by atoms with Gasteiger partial charge < -0.3 is 4.74 Å². The first-order valence-electron chi connectivity index (χ1n) is 5.83. The summed E-state index contributed by atoms with van der Waals surface area (Å²) in [5, 5.41) is 8.14. The lowest BCUT2D eigenvalue weighted by Crippen LogP contribution is -1.96. The predicted molar refractivity (Wildman–Crippen MR) is 71.1 cm³/mol. The zero-order valence-electron chi connectivity index (χ0n) is 10.4. The van der Waals surface area contributed by atoms with Crippen molar-refractivity contribution in [3.05, 3.63) is 55.1 Å². The zero-order valence-corrected chi connectivity index (χ0v) is 10.4. The third-order valence-corrected chi connectivity index (χ3v) is 2.84. The highest BCUT2D eigenvalue weighted by molar-refractivity contribution is 5.57. The maximum absolute atomic E-state index is 5.15. The molecule has 0 atom stereocenters. The highest BCUT2D eigenvalue weighted by atomic mass is 16.5. The minimum Gasteiger partial charge on any atom is -0.497 e. The van der Waals surface area contributed by atoms with Crippen molar-refractivity contribution in [2.75, 3.05) is 7.11 Å². The van der Waals surface area contributed by atoms with E-state index in [-0.39, 0.29) is 0 Å². The summed E-state index contributed by atoms with van der Waals surface area (Å²) in [6.45, 7) is 0. The van der Waals surface area contributed by atoms with Gasteiger partial charge in [0.15, 0.2) is 5.82 Å². The summed E-state index contributed by atoms with van der Waals surface area (Å²) >= 11 is 0. The average molecular weight is 252 g/mol. The van der Waals surface area contributed by atoms with E-state index in [1.54, 1.807) is 25.8 Å². The molecule has 0 radical (unpaired) electrons. The molecule has 0 spiro atoms. The van der Waals surface area contributed by atoms with Crippen LogP contribution in [0.1, 0.15) is 0 Å². The minimum atomic E-state index is 0.785. The number of nitrogens with zero attached hydrogens (tertiary/aromatic N) is 4. The smallest absolute Gasteiger partial charge is 0.168 e. The molecule has 0 saturated carbocycles. The summed E-state index contributed by atoms with van der Waals surface area (Å²) in [4.78, 5) is 4.01. The number of pyridine rings is 1. The molecule has 94 valence electrons. The van der Waals surface area contributed by atoms with Crippen molar-refractivity contribution in [2.45, 2.75) is 0 Å². The van der Waals surface area contributed by atoms with Crippen molar-refractivity contribution in [1.29, 1.82) is 0 Å². The van der Waals surface area contributed by atoms with Crippen LogP contribution in [0.5, 0.6) is 5.75 Å². The number of hydrogen-bond acceptors (Lipinski definition) is 4. The van der Waals surface area contributed by atoms with E-state index in [0.717, 1.165) is 22.8 Å². The molecule has 3 aromatic rings.